The third kappa shape index (κ3) is 3.80. The maximum absolute atomic E-state index is 11.6. The second-order valence-electron chi connectivity index (χ2n) is 4.72. The van der Waals surface area contributed by atoms with Crippen LogP contribution in [0.4, 0.5) is 10.5 Å². The molecule has 0 saturated heterocycles. The fourth-order valence-corrected chi connectivity index (χ4v) is 1.31. The number of nitrogens with one attached hydrogen (secondary N) is 1. The Morgan fingerprint density at radius 1 is 1.41 bits per heavy atom. The van der Waals surface area contributed by atoms with E-state index < -0.39 is 11.7 Å². The van der Waals surface area contributed by atoms with E-state index in [4.69, 9.17) is 10.00 Å². The fourth-order valence-electron chi connectivity index (χ4n) is 1.31. The molecule has 0 heterocycles. The predicted octanol–water partition coefficient (Wildman–Crippen LogP) is 3.21. The minimum absolute atomic E-state index is 0.518. The number of carbonyl (C=O) groups is 1. The summed E-state index contributed by atoms with van der Waals surface area (Å²) in [4.78, 5) is 11.6. The number of anilines is 1. The molecular weight excluding hydrogens is 216 g/mol. The molecule has 0 atom stereocenters. The van der Waals surface area contributed by atoms with Gasteiger partial charge >= 0.3 is 6.09 Å². The molecule has 1 aromatic carbocycles. The minimum atomic E-state index is -0.537. The van der Waals surface area contributed by atoms with E-state index in [9.17, 15) is 4.79 Å². The van der Waals surface area contributed by atoms with Gasteiger partial charge in [0.1, 0.15) is 5.60 Å². The summed E-state index contributed by atoms with van der Waals surface area (Å²) >= 11 is 0. The highest BCUT2D eigenvalue weighted by atomic mass is 16.6. The molecule has 17 heavy (non-hydrogen) atoms. The number of carbonyl (C=O) groups excluding carboxylic acids is 1. The molecule has 90 valence electrons. The van der Waals surface area contributed by atoms with Gasteiger partial charge in [-0.15, -0.1) is 0 Å². The molecule has 0 bridgehead atoms. The van der Waals surface area contributed by atoms with E-state index in [1.165, 1.54) is 0 Å². The van der Waals surface area contributed by atoms with Crippen LogP contribution >= 0.6 is 0 Å². The zero-order valence-corrected chi connectivity index (χ0v) is 10.5. The van der Waals surface area contributed by atoms with E-state index in [-0.39, 0.29) is 0 Å². The topological polar surface area (TPSA) is 62.1 Å². The lowest BCUT2D eigenvalue weighted by atomic mass is 10.1. The van der Waals surface area contributed by atoms with Gasteiger partial charge in [0.25, 0.3) is 0 Å². The molecule has 1 aromatic rings. The molecular formula is C13H16N2O2. The van der Waals surface area contributed by atoms with Gasteiger partial charge in [0.2, 0.25) is 0 Å². The Labute approximate surface area is 101 Å². The van der Waals surface area contributed by atoms with Crippen LogP contribution in [0.2, 0.25) is 0 Å². The number of hydrogen-bond acceptors (Lipinski definition) is 3. The van der Waals surface area contributed by atoms with Gasteiger partial charge in [0.05, 0.1) is 11.6 Å². The quantitative estimate of drug-likeness (QED) is 0.808. The van der Waals surface area contributed by atoms with Gasteiger partial charge in [-0.25, -0.2) is 4.79 Å². The summed E-state index contributed by atoms with van der Waals surface area (Å²) < 4.78 is 5.14. The smallest absolute Gasteiger partial charge is 0.412 e. The lowest BCUT2D eigenvalue weighted by Gasteiger charge is -2.20. The highest BCUT2D eigenvalue weighted by Crippen LogP contribution is 2.19. The summed E-state index contributed by atoms with van der Waals surface area (Å²) in [5.74, 6) is 0. The Hall–Kier alpha value is -2.02. The molecule has 0 fully saturated rings. The fraction of sp³-hybridized carbons (Fsp3) is 0.385. The molecule has 0 saturated carbocycles. The molecule has 1 rings (SSSR count). The van der Waals surface area contributed by atoms with E-state index in [0.29, 0.717) is 11.3 Å². The number of nitrogens with zero attached hydrogens (tertiary/aromatic N) is 1. The number of amides is 1. The van der Waals surface area contributed by atoms with Crippen molar-refractivity contribution < 1.29 is 9.53 Å². The van der Waals surface area contributed by atoms with Gasteiger partial charge in [0, 0.05) is 5.69 Å². The molecule has 0 aliphatic carbocycles. The van der Waals surface area contributed by atoms with Crippen molar-refractivity contribution in [1.29, 1.82) is 5.26 Å². The van der Waals surface area contributed by atoms with E-state index in [1.807, 2.05) is 0 Å². The van der Waals surface area contributed by atoms with Crippen LogP contribution in [0.3, 0.4) is 0 Å². The van der Waals surface area contributed by atoms with Crippen LogP contribution in [-0.2, 0) is 4.74 Å². The van der Waals surface area contributed by atoms with E-state index in [1.54, 1.807) is 45.9 Å². The molecule has 1 amide bonds. The van der Waals surface area contributed by atoms with Gasteiger partial charge in [-0.2, -0.15) is 5.26 Å². The average molecular weight is 232 g/mol. The zero-order chi connectivity index (χ0) is 13.1. The minimum Gasteiger partial charge on any atom is -0.444 e. The molecule has 1 N–H and O–H groups in total. The first-order valence-corrected chi connectivity index (χ1v) is 5.33. The highest BCUT2D eigenvalue weighted by Gasteiger charge is 2.17. The van der Waals surface area contributed by atoms with Crippen molar-refractivity contribution in [2.75, 3.05) is 5.32 Å². The van der Waals surface area contributed by atoms with E-state index >= 15 is 0 Å². The van der Waals surface area contributed by atoms with Crippen molar-refractivity contribution >= 4 is 11.8 Å². The standard InChI is InChI=1S/C13H16N2O2/c1-9-10(8-14)6-5-7-11(9)15-12(16)17-13(2,3)4/h5-7H,1-4H3,(H,15,16). The molecule has 0 aliphatic heterocycles. The van der Waals surface area contributed by atoms with Crippen molar-refractivity contribution in [3.8, 4) is 6.07 Å². The first-order chi connectivity index (χ1) is 7.83. The largest absolute Gasteiger partial charge is 0.444 e. The van der Waals surface area contributed by atoms with Gasteiger partial charge in [-0.05, 0) is 45.4 Å². The Balaban J connectivity index is 2.83. The van der Waals surface area contributed by atoms with E-state index in [0.717, 1.165) is 5.56 Å². The lowest BCUT2D eigenvalue weighted by Crippen LogP contribution is -2.27. The van der Waals surface area contributed by atoms with Crippen LogP contribution in [0.5, 0.6) is 0 Å². The van der Waals surface area contributed by atoms with Gasteiger partial charge < -0.3 is 4.74 Å². The molecule has 0 spiro atoms. The number of hydrogen-bond donors (Lipinski definition) is 1. The van der Waals surface area contributed by atoms with Crippen LogP contribution in [0.25, 0.3) is 0 Å². The summed E-state index contributed by atoms with van der Waals surface area (Å²) in [5, 5.41) is 11.5. The maximum Gasteiger partial charge on any atom is 0.412 e. The van der Waals surface area contributed by atoms with E-state index in [2.05, 4.69) is 11.4 Å². The van der Waals surface area contributed by atoms with Gasteiger partial charge in [0.15, 0.2) is 0 Å². The molecule has 4 heteroatoms. The molecule has 0 aromatic heterocycles. The first-order valence-electron chi connectivity index (χ1n) is 5.33. The summed E-state index contributed by atoms with van der Waals surface area (Å²) in [5.41, 5.74) is 1.34. The van der Waals surface area contributed by atoms with Gasteiger partial charge in [-0.3, -0.25) is 5.32 Å². The monoisotopic (exact) mass is 232 g/mol. The highest BCUT2D eigenvalue weighted by molar-refractivity contribution is 5.86. The number of ether oxygens (including phenoxy) is 1. The molecule has 4 nitrogen and oxygen atoms in total. The first kappa shape index (κ1) is 13.0. The maximum atomic E-state index is 11.6. The van der Waals surface area contributed by atoms with Crippen molar-refractivity contribution in [3.63, 3.8) is 0 Å². The normalized spacial score (nSPS) is 10.5. The molecule has 0 unspecified atom stereocenters. The van der Waals surface area contributed by atoms with Crippen LogP contribution in [0.1, 0.15) is 31.9 Å². The Morgan fingerprint density at radius 2 is 2.06 bits per heavy atom. The Kier molecular flexibility index (Phi) is 3.74. The van der Waals surface area contributed by atoms with Crippen LogP contribution < -0.4 is 5.32 Å². The Morgan fingerprint density at radius 3 is 2.59 bits per heavy atom. The summed E-state index contributed by atoms with van der Waals surface area (Å²) in [6, 6.07) is 7.23. The third-order valence-corrected chi connectivity index (χ3v) is 2.09. The number of rotatable bonds is 1. The number of nitriles is 1. The summed E-state index contributed by atoms with van der Waals surface area (Å²) in [7, 11) is 0. The molecule has 0 radical (unpaired) electrons. The van der Waals surface area contributed by atoms with Gasteiger partial charge in [-0.1, -0.05) is 6.07 Å². The van der Waals surface area contributed by atoms with Crippen LogP contribution in [0, 0.1) is 18.3 Å². The summed E-state index contributed by atoms with van der Waals surface area (Å²) in [6.07, 6.45) is -0.518. The average Bonchev–Trinajstić information content (AvgIpc) is 2.18. The van der Waals surface area contributed by atoms with Crippen molar-refractivity contribution in [2.24, 2.45) is 0 Å². The zero-order valence-electron chi connectivity index (χ0n) is 10.5. The van der Waals surface area contributed by atoms with Crippen molar-refractivity contribution in [3.05, 3.63) is 29.3 Å². The second-order valence-corrected chi connectivity index (χ2v) is 4.72. The third-order valence-electron chi connectivity index (χ3n) is 2.09. The number of benzene rings is 1. The SMILES string of the molecule is Cc1c(C#N)cccc1NC(=O)OC(C)(C)C. The van der Waals surface area contributed by atoms with Crippen molar-refractivity contribution in [2.45, 2.75) is 33.3 Å². The summed E-state index contributed by atoms with van der Waals surface area (Å²) in [6.45, 7) is 7.17. The lowest BCUT2D eigenvalue weighted by molar-refractivity contribution is 0.0636. The predicted molar refractivity (Wildman–Crippen MR) is 65.8 cm³/mol. The molecule has 0 aliphatic rings. The Bertz CT molecular complexity index is 467. The van der Waals surface area contributed by atoms with Crippen LogP contribution in [-0.4, -0.2) is 11.7 Å². The second kappa shape index (κ2) is 4.88. The van der Waals surface area contributed by atoms with Crippen LogP contribution in [0.15, 0.2) is 18.2 Å². The van der Waals surface area contributed by atoms with Crippen molar-refractivity contribution in [1.82, 2.24) is 0 Å².